The van der Waals surface area contributed by atoms with Gasteiger partial charge >= 0.3 is 0 Å². The van der Waals surface area contributed by atoms with Gasteiger partial charge in [-0.1, -0.05) is 151 Å². The molecular formula is C51H78N2. The minimum Gasteiger partial charge on any atom is -0.493 e. The Balaban J connectivity index is 2.30. The summed E-state index contributed by atoms with van der Waals surface area (Å²) in [6.45, 7) is 18.4. The van der Waals surface area contributed by atoms with E-state index in [2.05, 4.69) is 91.5 Å². The first kappa shape index (κ1) is 44.5. The molecule has 0 spiro atoms. The van der Waals surface area contributed by atoms with Crippen LogP contribution in [0, 0.1) is 11.8 Å². The number of benzene rings is 2. The molecule has 0 saturated carbocycles. The molecule has 0 radical (unpaired) electrons. The molecule has 2 heteroatoms. The van der Waals surface area contributed by atoms with E-state index in [-0.39, 0.29) is 0 Å². The van der Waals surface area contributed by atoms with Crippen molar-refractivity contribution in [1.29, 1.82) is 0 Å². The summed E-state index contributed by atoms with van der Waals surface area (Å²) in [5.41, 5.74) is 28.2. The first-order valence-corrected chi connectivity index (χ1v) is 22.7. The summed E-state index contributed by atoms with van der Waals surface area (Å²) in [5, 5.41) is 0. The van der Waals surface area contributed by atoms with Crippen LogP contribution in [-0.2, 0) is 38.5 Å². The number of unbranched alkanes of at least 4 members (excludes halogenated alkanes) is 11. The SMILES string of the molecule is CCCCCCCC#CC1=C(c2cc(CCC)c(CCC)c(CCC)c2)[N+](=[N-])C(c2cc(CCCCC)c(CCCCC)c(CCCCC)c2)=C1CC. The van der Waals surface area contributed by atoms with Gasteiger partial charge in [-0.05, 0) is 128 Å². The van der Waals surface area contributed by atoms with E-state index in [4.69, 9.17) is 0 Å². The molecule has 0 saturated heterocycles. The molecule has 2 nitrogen and oxygen atoms in total. The lowest BCUT2D eigenvalue weighted by molar-refractivity contribution is -0.345. The summed E-state index contributed by atoms with van der Waals surface area (Å²) in [6, 6.07) is 9.78. The maximum Gasteiger partial charge on any atom is 0.223 e. The zero-order chi connectivity index (χ0) is 38.4. The molecule has 2 aromatic rings. The van der Waals surface area contributed by atoms with Crippen molar-refractivity contribution in [3.8, 4) is 11.8 Å². The van der Waals surface area contributed by atoms with E-state index in [0.29, 0.717) is 0 Å². The van der Waals surface area contributed by atoms with Crippen LogP contribution in [0.4, 0.5) is 0 Å². The Morgan fingerprint density at radius 3 is 1.38 bits per heavy atom. The van der Waals surface area contributed by atoms with Crippen LogP contribution in [0.3, 0.4) is 0 Å². The van der Waals surface area contributed by atoms with Crippen LogP contribution in [0.25, 0.3) is 16.9 Å². The van der Waals surface area contributed by atoms with E-state index in [1.807, 2.05) is 0 Å². The van der Waals surface area contributed by atoms with Gasteiger partial charge in [0.05, 0.1) is 0 Å². The standard InChI is InChI=1S/C51H78N2/c1-9-17-21-22-23-24-28-35-49-46(16-8)50(53(52)51(49)45-36-40(29-13-5)47(31-15-7)41(37-45)30-14-6)44-38-42(32-25-18-10-2)48(34-27-20-12-4)43(39-44)33-26-19-11-3/h36-39H,9-27,29-34H2,1-8H3. The van der Waals surface area contributed by atoms with E-state index >= 15 is 0 Å². The molecule has 0 aromatic heterocycles. The molecule has 3 rings (SSSR count). The highest BCUT2D eigenvalue weighted by molar-refractivity contribution is 5.86. The van der Waals surface area contributed by atoms with Crippen LogP contribution in [-0.4, -0.2) is 4.70 Å². The molecule has 292 valence electrons. The van der Waals surface area contributed by atoms with Crippen molar-refractivity contribution >= 4 is 11.4 Å². The van der Waals surface area contributed by atoms with Gasteiger partial charge in [0.1, 0.15) is 5.57 Å². The molecule has 1 aliphatic rings. The number of aryl methyl sites for hydroxylation is 4. The van der Waals surface area contributed by atoms with Crippen LogP contribution >= 0.6 is 0 Å². The molecule has 0 N–H and O–H groups in total. The lowest BCUT2D eigenvalue weighted by atomic mass is 9.87. The number of allylic oxidation sites excluding steroid dienone is 2. The highest BCUT2D eigenvalue weighted by Gasteiger charge is 2.36. The Bertz CT molecular complexity index is 1500. The fraction of sp³-hybridized carbons (Fsp3) is 0.647. The van der Waals surface area contributed by atoms with E-state index in [9.17, 15) is 5.53 Å². The predicted molar refractivity (Wildman–Crippen MR) is 233 cm³/mol. The Morgan fingerprint density at radius 2 is 0.887 bits per heavy atom. The van der Waals surface area contributed by atoms with Gasteiger partial charge in [-0.15, -0.1) is 0 Å². The van der Waals surface area contributed by atoms with Gasteiger partial charge in [-0.2, -0.15) is 0 Å². The molecule has 1 heterocycles. The molecule has 0 amide bonds. The number of rotatable bonds is 26. The van der Waals surface area contributed by atoms with Crippen LogP contribution < -0.4 is 0 Å². The van der Waals surface area contributed by atoms with Gasteiger partial charge < -0.3 is 5.53 Å². The summed E-state index contributed by atoms with van der Waals surface area (Å²) < 4.78 is 1.59. The fourth-order valence-corrected chi connectivity index (χ4v) is 8.49. The van der Waals surface area contributed by atoms with Crippen molar-refractivity contribution in [3.63, 3.8) is 0 Å². The normalized spacial score (nSPS) is 13.0. The maximum atomic E-state index is 12.6. The molecule has 53 heavy (non-hydrogen) atoms. The largest absolute Gasteiger partial charge is 0.493 e. The number of hydrogen-bond donors (Lipinski definition) is 0. The summed E-state index contributed by atoms with van der Waals surface area (Å²) in [5.74, 6) is 7.35. The Labute approximate surface area is 328 Å². The smallest absolute Gasteiger partial charge is 0.223 e. The Kier molecular flexibility index (Phi) is 21.2. The van der Waals surface area contributed by atoms with Crippen molar-refractivity contribution in [2.24, 2.45) is 0 Å². The summed E-state index contributed by atoms with van der Waals surface area (Å²) in [4.78, 5) is 0. The quantitative estimate of drug-likeness (QED) is 0.0526. The highest BCUT2D eigenvalue weighted by Crippen LogP contribution is 2.43. The topological polar surface area (TPSA) is 25.3 Å². The minimum absolute atomic E-state index is 0.836. The average molecular weight is 719 g/mol. The number of hydrogen-bond acceptors (Lipinski definition) is 0. The second kappa shape index (κ2) is 25.2. The zero-order valence-corrected chi connectivity index (χ0v) is 35.9. The molecule has 2 aromatic carbocycles. The third-order valence-corrected chi connectivity index (χ3v) is 11.3. The van der Waals surface area contributed by atoms with E-state index < -0.39 is 0 Å². The fourth-order valence-electron chi connectivity index (χ4n) is 8.49. The monoisotopic (exact) mass is 719 g/mol. The van der Waals surface area contributed by atoms with Gasteiger partial charge in [-0.3, -0.25) is 0 Å². The average Bonchev–Trinajstić information content (AvgIpc) is 3.44. The summed E-state index contributed by atoms with van der Waals surface area (Å²) in [7, 11) is 0. The minimum atomic E-state index is 0.836. The van der Waals surface area contributed by atoms with Gasteiger partial charge in [0.15, 0.2) is 0 Å². The molecule has 0 atom stereocenters. The second-order valence-corrected chi connectivity index (χ2v) is 15.8. The van der Waals surface area contributed by atoms with E-state index in [0.717, 1.165) is 93.2 Å². The molecule has 1 aliphatic heterocycles. The van der Waals surface area contributed by atoms with Crippen molar-refractivity contribution < 1.29 is 4.70 Å². The van der Waals surface area contributed by atoms with Crippen LogP contribution in [0.1, 0.15) is 222 Å². The van der Waals surface area contributed by atoms with Crippen LogP contribution in [0.5, 0.6) is 0 Å². The second-order valence-electron chi connectivity index (χ2n) is 15.8. The third kappa shape index (κ3) is 12.8. The summed E-state index contributed by atoms with van der Waals surface area (Å²) >= 11 is 0. The van der Waals surface area contributed by atoms with E-state index in [1.54, 1.807) is 15.8 Å². The zero-order valence-electron chi connectivity index (χ0n) is 35.9. The molecule has 0 bridgehead atoms. The molecule has 0 aliphatic carbocycles. The predicted octanol–water partition coefficient (Wildman–Crippen LogP) is 15.7. The van der Waals surface area contributed by atoms with Crippen molar-refractivity contribution in [3.05, 3.63) is 85.5 Å². The van der Waals surface area contributed by atoms with Crippen molar-refractivity contribution in [1.82, 2.24) is 0 Å². The lowest BCUT2D eigenvalue weighted by Crippen LogP contribution is -2.09. The van der Waals surface area contributed by atoms with Gasteiger partial charge in [0.25, 0.3) is 0 Å². The van der Waals surface area contributed by atoms with Gasteiger partial charge in [-0.25, -0.2) is 4.70 Å². The molecular weight excluding hydrogens is 641 g/mol. The summed E-state index contributed by atoms with van der Waals surface area (Å²) in [6.07, 6.45) is 29.3. The van der Waals surface area contributed by atoms with Gasteiger partial charge in [0.2, 0.25) is 11.4 Å². The lowest BCUT2D eigenvalue weighted by Gasteiger charge is -2.19. The van der Waals surface area contributed by atoms with Gasteiger partial charge in [0, 0.05) is 23.1 Å². The number of nitrogens with zero attached hydrogens (tertiary/aromatic N) is 2. The highest BCUT2D eigenvalue weighted by atomic mass is 15.2. The Morgan fingerprint density at radius 1 is 0.453 bits per heavy atom. The first-order valence-electron chi connectivity index (χ1n) is 22.7. The van der Waals surface area contributed by atoms with E-state index in [1.165, 1.54) is 123 Å². The van der Waals surface area contributed by atoms with Crippen molar-refractivity contribution in [2.45, 2.75) is 216 Å². The van der Waals surface area contributed by atoms with Crippen LogP contribution in [0.2, 0.25) is 0 Å². The van der Waals surface area contributed by atoms with Crippen LogP contribution in [0.15, 0.2) is 35.4 Å². The van der Waals surface area contributed by atoms with Crippen molar-refractivity contribution in [2.75, 3.05) is 0 Å². The third-order valence-electron chi connectivity index (χ3n) is 11.3. The first-order chi connectivity index (χ1) is 25.9. The maximum absolute atomic E-state index is 12.6. The molecule has 0 fully saturated rings. The molecule has 0 unspecified atom stereocenters. The Hall–Kier alpha value is -2.92.